The van der Waals surface area contributed by atoms with Gasteiger partial charge in [0.25, 0.3) is 0 Å². The summed E-state index contributed by atoms with van der Waals surface area (Å²) in [6.45, 7) is 4.87. The van der Waals surface area contributed by atoms with E-state index in [-0.39, 0.29) is 18.5 Å². The molecule has 0 saturated carbocycles. The summed E-state index contributed by atoms with van der Waals surface area (Å²) in [7, 11) is 0. The molecule has 0 rings (SSSR count). The first-order valence-corrected chi connectivity index (χ1v) is 36.8. The van der Waals surface area contributed by atoms with Crippen molar-refractivity contribution >= 4 is 11.9 Å². The normalized spacial score (nSPS) is 12.7. The van der Waals surface area contributed by atoms with Crippen molar-refractivity contribution in [2.45, 2.75) is 418 Å². The number of aliphatic hydroxyl groups excluding tert-OH is 2. The largest absolute Gasteiger partial charge is 0.466 e. The van der Waals surface area contributed by atoms with Crippen LogP contribution >= 0.6 is 0 Å². The van der Waals surface area contributed by atoms with Crippen molar-refractivity contribution in [3.8, 4) is 0 Å². The Bertz CT molecular complexity index is 1310. The third-order valence-electron chi connectivity index (χ3n) is 17.2. The molecular weight excluding hydrogens is 995 g/mol. The Labute approximate surface area is 506 Å². The standard InChI is InChI=1S/C75H143NO5/c1-3-5-7-9-11-13-15-16-45-49-53-57-61-65-69-75(80)81-70-66-62-58-54-50-46-43-41-39-37-35-33-31-29-27-25-23-21-19-17-18-20-22-24-26-28-30-32-34-36-38-40-42-44-48-52-56-60-64-68-74(79)76-72(71-77)73(78)67-63-59-55-51-47-14-12-10-8-6-4-2/h9,11,15-16,63,67,72-73,77-78H,3-8,10,12-14,17-62,64-66,68-71H2,1-2H3,(H,76,79)/b11-9-,16-15-,67-63+. The predicted molar refractivity (Wildman–Crippen MR) is 356 cm³/mol. The van der Waals surface area contributed by atoms with Gasteiger partial charge in [-0.2, -0.15) is 0 Å². The monoisotopic (exact) mass is 1140 g/mol. The van der Waals surface area contributed by atoms with Gasteiger partial charge in [-0.1, -0.05) is 371 Å². The summed E-state index contributed by atoms with van der Waals surface area (Å²) in [6, 6.07) is -0.621. The number of carbonyl (C=O) groups is 2. The number of nitrogens with one attached hydrogen (secondary N) is 1. The second-order valence-electron chi connectivity index (χ2n) is 25.3. The van der Waals surface area contributed by atoms with Crippen LogP contribution in [0.25, 0.3) is 0 Å². The Hall–Kier alpha value is -1.92. The van der Waals surface area contributed by atoms with E-state index in [2.05, 4.69) is 43.5 Å². The van der Waals surface area contributed by atoms with E-state index in [1.807, 2.05) is 6.08 Å². The smallest absolute Gasteiger partial charge is 0.305 e. The average Bonchev–Trinajstić information content (AvgIpc) is 3.47. The van der Waals surface area contributed by atoms with Crippen molar-refractivity contribution in [1.82, 2.24) is 5.32 Å². The van der Waals surface area contributed by atoms with Crippen LogP contribution in [0, 0.1) is 0 Å². The van der Waals surface area contributed by atoms with E-state index in [1.165, 1.54) is 327 Å². The molecule has 1 amide bonds. The van der Waals surface area contributed by atoms with Gasteiger partial charge in [0.15, 0.2) is 0 Å². The first-order chi connectivity index (χ1) is 40.0. The number of unbranched alkanes of at least 4 members (excludes halogenated alkanes) is 54. The lowest BCUT2D eigenvalue weighted by molar-refractivity contribution is -0.143. The quantitative estimate of drug-likeness (QED) is 0.0320. The third kappa shape index (κ3) is 67.1. The average molecular weight is 1140 g/mol. The summed E-state index contributed by atoms with van der Waals surface area (Å²) >= 11 is 0. The fourth-order valence-corrected chi connectivity index (χ4v) is 11.5. The van der Waals surface area contributed by atoms with Crippen LogP contribution in [0.4, 0.5) is 0 Å². The zero-order valence-corrected chi connectivity index (χ0v) is 54.8. The number of hydrogen-bond donors (Lipinski definition) is 3. The van der Waals surface area contributed by atoms with Crippen LogP contribution < -0.4 is 5.32 Å². The highest BCUT2D eigenvalue weighted by Gasteiger charge is 2.18. The molecular formula is C75H143NO5. The molecule has 0 aliphatic carbocycles. The second-order valence-corrected chi connectivity index (χ2v) is 25.3. The summed E-state index contributed by atoms with van der Waals surface area (Å²) in [5, 5.41) is 23.1. The van der Waals surface area contributed by atoms with Crippen LogP contribution in [0.5, 0.6) is 0 Å². The number of hydrogen-bond acceptors (Lipinski definition) is 5. The highest BCUT2D eigenvalue weighted by atomic mass is 16.5. The predicted octanol–water partition coefficient (Wildman–Crippen LogP) is 23.9. The van der Waals surface area contributed by atoms with Crippen LogP contribution in [-0.2, 0) is 14.3 Å². The number of rotatable bonds is 69. The molecule has 0 aromatic heterocycles. The van der Waals surface area contributed by atoms with Crippen molar-refractivity contribution < 1.29 is 24.5 Å². The number of carbonyl (C=O) groups excluding carboxylic acids is 2. The van der Waals surface area contributed by atoms with E-state index < -0.39 is 12.1 Å². The Balaban J connectivity index is 3.28. The second kappa shape index (κ2) is 70.6. The minimum Gasteiger partial charge on any atom is -0.466 e. The van der Waals surface area contributed by atoms with Gasteiger partial charge in [0.05, 0.1) is 25.4 Å². The summed E-state index contributed by atoms with van der Waals surface area (Å²) in [6.07, 6.45) is 91.2. The van der Waals surface area contributed by atoms with Crippen molar-refractivity contribution in [1.29, 1.82) is 0 Å². The highest BCUT2D eigenvalue weighted by molar-refractivity contribution is 5.76. The Morgan fingerprint density at radius 1 is 0.346 bits per heavy atom. The molecule has 81 heavy (non-hydrogen) atoms. The SMILES string of the molecule is CCCC/C=C\C/C=C\CCCCCCCC(=O)OCCCCCCCCCCCCCCCCCCCCCCCCCCCCCCCCCCCCCCCCCC(=O)NC(CO)C(O)/C=C/CCCCCCCCCCC. The molecule has 0 bridgehead atoms. The van der Waals surface area contributed by atoms with Crippen molar-refractivity contribution in [2.24, 2.45) is 0 Å². The molecule has 6 nitrogen and oxygen atoms in total. The molecule has 0 aliphatic rings. The van der Waals surface area contributed by atoms with E-state index in [0.29, 0.717) is 19.4 Å². The highest BCUT2D eigenvalue weighted by Crippen LogP contribution is 2.19. The van der Waals surface area contributed by atoms with Crippen LogP contribution in [0.15, 0.2) is 36.5 Å². The lowest BCUT2D eigenvalue weighted by Gasteiger charge is -2.20. The Morgan fingerprint density at radius 3 is 0.975 bits per heavy atom. The van der Waals surface area contributed by atoms with E-state index >= 15 is 0 Å². The topological polar surface area (TPSA) is 95.9 Å². The molecule has 0 fully saturated rings. The molecule has 3 N–H and O–H groups in total. The maximum absolute atomic E-state index is 12.4. The molecule has 0 aromatic carbocycles. The number of aliphatic hydroxyl groups is 2. The van der Waals surface area contributed by atoms with Crippen LogP contribution in [0.3, 0.4) is 0 Å². The molecule has 2 atom stereocenters. The molecule has 2 unspecified atom stereocenters. The van der Waals surface area contributed by atoms with Gasteiger partial charge in [-0.3, -0.25) is 9.59 Å². The number of esters is 1. The fraction of sp³-hybridized carbons (Fsp3) is 0.893. The minimum absolute atomic E-state index is 0.00939. The molecule has 0 aliphatic heterocycles. The summed E-state index contributed by atoms with van der Waals surface area (Å²) in [5.41, 5.74) is 0. The maximum atomic E-state index is 12.4. The molecule has 0 aromatic rings. The molecule has 0 saturated heterocycles. The lowest BCUT2D eigenvalue weighted by atomic mass is 10.0. The van der Waals surface area contributed by atoms with E-state index in [1.54, 1.807) is 6.08 Å². The first kappa shape index (κ1) is 79.1. The van der Waals surface area contributed by atoms with Crippen molar-refractivity contribution in [2.75, 3.05) is 13.2 Å². The van der Waals surface area contributed by atoms with Gasteiger partial charge in [-0.25, -0.2) is 0 Å². The van der Waals surface area contributed by atoms with Gasteiger partial charge in [0.1, 0.15) is 0 Å². The van der Waals surface area contributed by atoms with Crippen molar-refractivity contribution in [3.05, 3.63) is 36.5 Å². The van der Waals surface area contributed by atoms with Gasteiger partial charge in [-0.05, 0) is 57.8 Å². The number of ether oxygens (including phenoxy) is 1. The van der Waals surface area contributed by atoms with E-state index in [4.69, 9.17) is 4.74 Å². The summed E-state index contributed by atoms with van der Waals surface area (Å²) in [5.74, 6) is -0.0521. The van der Waals surface area contributed by atoms with E-state index in [9.17, 15) is 19.8 Å². The fourth-order valence-electron chi connectivity index (χ4n) is 11.5. The molecule has 0 spiro atoms. The summed E-state index contributed by atoms with van der Waals surface area (Å²) < 4.78 is 5.49. The Kier molecular flexibility index (Phi) is 68.9. The van der Waals surface area contributed by atoms with Gasteiger partial charge >= 0.3 is 5.97 Å². The van der Waals surface area contributed by atoms with Gasteiger partial charge in [-0.15, -0.1) is 0 Å². The van der Waals surface area contributed by atoms with Crippen LogP contribution in [0.1, 0.15) is 406 Å². The van der Waals surface area contributed by atoms with Crippen LogP contribution in [-0.4, -0.2) is 47.4 Å². The molecule has 6 heteroatoms. The minimum atomic E-state index is -0.838. The molecule has 0 radical (unpaired) electrons. The van der Waals surface area contributed by atoms with Crippen LogP contribution in [0.2, 0.25) is 0 Å². The first-order valence-electron chi connectivity index (χ1n) is 36.8. The van der Waals surface area contributed by atoms with Gasteiger partial charge in [0.2, 0.25) is 5.91 Å². The van der Waals surface area contributed by atoms with Gasteiger partial charge < -0.3 is 20.3 Å². The third-order valence-corrected chi connectivity index (χ3v) is 17.2. The Morgan fingerprint density at radius 2 is 0.630 bits per heavy atom. The summed E-state index contributed by atoms with van der Waals surface area (Å²) in [4.78, 5) is 24.5. The lowest BCUT2D eigenvalue weighted by Crippen LogP contribution is -2.45. The van der Waals surface area contributed by atoms with Gasteiger partial charge in [0, 0.05) is 12.8 Å². The van der Waals surface area contributed by atoms with E-state index in [0.717, 1.165) is 51.4 Å². The zero-order valence-electron chi connectivity index (χ0n) is 54.8. The van der Waals surface area contributed by atoms with Crippen molar-refractivity contribution in [3.63, 3.8) is 0 Å². The number of amides is 1. The molecule has 478 valence electrons. The molecule has 0 heterocycles. The maximum Gasteiger partial charge on any atom is 0.305 e. The number of allylic oxidation sites excluding steroid dienone is 5. The zero-order chi connectivity index (χ0) is 58.5.